The summed E-state index contributed by atoms with van der Waals surface area (Å²) < 4.78 is 6.64. The summed E-state index contributed by atoms with van der Waals surface area (Å²) in [6.45, 7) is 0.158. The van der Waals surface area contributed by atoms with Crippen LogP contribution in [0.25, 0.3) is 0 Å². The van der Waals surface area contributed by atoms with Crippen LogP contribution >= 0.6 is 0 Å². The average molecular weight is 356 g/mol. The highest BCUT2D eigenvalue weighted by atomic mass is 16.5. The number of benzene rings is 1. The topological polar surface area (TPSA) is 85.2 Å². The van der Waals surface area contributed by atoms with E-state index in [1.165, 1.54) is 17.5 Å². The molecule has 3 rings (SSSR count). The number of anilines is 1. The van der Waals surface area contributed by atoms with Gasteiger partial charge in [0.1, 0.15) is 12.3 Å². The molecule has 26 heavy (non-hydrogen) atoms. The van der Waals surface area contributed by atoms with Crippen LogP contribution < -0.4 is 15.4 Å². The number of hydrogen-bond acceptors (Lipinski definition) is 4. The first kappa shape index (κ1) is 18.0. The van der Waals surface area contributed by atoms with Crippen molar-refractivity contribution in [1.29, 1.82) is 0 Å². The van der Waals surface area contributed by atoms with Gasteiger partial charge < -0.3 is 15.4 Å². The first-order valence-electron chi connectivity index (χ1n) is 8.87. The molecule has 1 heterocycles. The second kappa shape index (κ2) is 8.51. The van der Waals surface area contributed by atoms with Crippen LogP contribution in [0.2, 0.25) is 0 Å². The molecule has 0 unspecified atom stereocenters. The van der Waals surface area contributed by atoms with Gasteiger partial charge in [-0.25, -0.2) is 0 Å². The third-order valence-corrected chi connectivity index (χ3v) is 4.47. The zero-order valence-corrected chi connectivity index (χ0v) is 14.9. The van der Waals surface area contributed by atoms with Gasteiger partial charge >= 0.3 is 0 Å². The van der Waals surface area contributed by atoms with E-state index in [4.69, 9.17) is 4.74 Å². The van der Waals surface area contributed by atoms with Crippen LogP contribution in [0.4, 0.5) is 5.69 Å². The van der Waals surface area contributed by atoms with E-state index < -0.39 is 0 Å². The minimum Gasteiger partial charge on any atom is -0.497 e. The van der Waals surface area contributed by atoms with Gasteiger partial charge in [-0.1, -0.05) is 25.0 Å². The summed E-state index contributed by atoms with van der Waals surface area (Å²) >= 11 is 0. The van der Waals surface area contributed by atoms with Crippen molar-refractivity contribution in [2.45, 2.75) is 44.7 Å². The van der Waals surface area contributed by atoms with Crippen LogP contribution in [0.1, 0.15) is 31.2 Å². The maximum atomic E-state index is 12.1. The predicted octanol–water partition coefficient (Wildman–Crippen LogP) is 2.13. The second-order valence-corrected chi connectivity index (χ2v) is 6.55. The lowest BCUT2D eigenvalue weighted by molar-refractivity contribution is -0.122. The monoisotopic (exact) mass is 356 g/mol. The quantitative estimate of drug-likeness (QED) is 0.796. The van der Waals surface area contributed by atoms with E-state index in [9.17, 15) is 9.59 Å². The third kappa shape index (κ3) is 5.08. The Morgan fingerprint density at radius 1 is 1.19 bits per heavy atom. The van der Waals surface area contributed by atoms with Gasteiger partial charge in [-0.2, -0.15) is 5.10 Å². The van der Waals surface area contributed by atoms with Crippen molar-refractivity contribution in [3.63, 3.8) is 0 Å². The van der Waals surface area contributed by atoms with E-state index in [0.29, 0.717) is 11.7 Å². The number of ether oxygens (including phenoxy) is 1. The Balaban J connectivity index is 1.47. The summed E-state index contributed by atoms with van der Waals surface area (Å²) in [4.78, 5) is 24.2. The van der Waals surface area contributed by atoms with Crippen LogP contribution in [0.15, 0.2) is 36.7 Å². The molecule has 2 amide bonds. The SMILES string of the molecule is COc1ccc(CC(=O)Nc2cnn(CC(=O)NC3CCCC3)c2)cc1. The lowest BCUT2D eigenvalue weighted by atomic mass is 10.1. The maximum Gasteiger partial charge on any atom is 0.241 e. The van der Waals surface area contributed by atoms with E-state index in [-0.39, 0.29) is 24.8 Å². The molecular weight excluding hydrogens is 332 g/mol. The molecule has 2 aromatic rings. The van der Waals surface area contributed by atoms with Crippen LogP contribution in [0.5, 0.6) is 5.75 Å². The van der Waals surface area contributed by atoms with Crippen LogP contribution in [0, 0.1) is 0 Å². The zero-order valence-electron chi connectivity index (χ0n) is 14.9. The van der Waals surface area contributed by atoms with Crippen molar-refractivity contribution in [3.8, 4) is 5.75 Å². The van der Waals surface area contributed by atoms with E-state index >= 15 is 0 Å². The molecule has 1 fully saturated rings. The van der Waals surface area contributed by atoms with Crippen molar-refractivity contribution < 1.29 is 14.3 Å². The molecule has 1 saturated carbocycles. The number of aromatic nitrogens is 2. The molecule has 1 aliphatic rings. The van der Waals surface area contributed by atoms with Gasteiger partial charge in [0.05, 0.1) is 25.4 Å². The molecule has 0 radical (unpaired) electrons. The Hall–Kier alpha value is -2.83. The number of amides is 2. The Morgan fingerprint density at radius 3 is 2.62 bits per heavy atom. The Kier molecular flexibility index (Phi) is 5.88. The van der Waals surface area contributed by atoms with Crippen molar-refractivity contribution in [2.75, 3.05) is 12.4 Å². The Morgan fingerprint density at radius 2 is 1.92 bits per heavy atom. The summed E-state index contributed by atoms with van der Waals surface area (Å²) in [6.07, 6.45) is 7.94. The Bertz CT molecular complexity index is 748. The van der Waals surface area contributed by atoms with Crippen LogP contribution in [-0.2, 0) is 22.6 Å². The third-order valence-electron chi connectivity index (χ3n) is 4.47. The standard InChI is InChI=1S/C19H24N4O3/c1-26-17-8-6-14(7-9-17)10-18(24)22-16-11-20-23(12-16)13-19(25)21-15-4-2-3-5-15/h6-9,11-12,15H,2-5,10,13H2,1H3,(H,21,25)(H,22,24). The average Bonchev–Trinajstić information content (AvgIpc) is 3.27. The van der Waals surface area contributed by atoms with Crippen molar-refractivity contribution in [2.24, 2.45) is 0 Å². The molecule has 7 heteroatoms. The lowest BCUT2D eigenvalue weighted by Crippen LogP contribution is -2.35. The largest absolute Gasteiger partial charge is 0.497 e. The van der Waals surface area contributed by atoms with Crippen molar-refractivity contribution in [1.82, 2.24) is 15.1 Å². The van der Waals surface area contributed by atoms with E-state index in [2.05, 4.69) is 15.7 Å². The molecule has 0 aliphatic heterocycles. The van der Waals surface area contributed by atoms with E-state index in [1.54, 1.807) is 19.5 Å². The highest BCUT2D eigenvalue weighted by Gasteiger charge is 2.17. The van der Waals surface area contributed by atoms with Gasteiger partial charge in [0.25, 0.3) is 0 Å². The smallest absolute Gasteiger partial charge is 0.241 e. The molecule has 0 spiro atoms. The number of methoxy groups -OCH3 is 1. The molecular formula is C19H24N4O3. The summed E-state index contributed by atoms with van der Waals surface area (Å²) in [5.41, 5.74) is 1.48. The van der Waals surface area contributed by atoms with Gasteiger partial charge in [0, 0.05) is 12.2 Å². The summed E-state index contributed by atoms with van der Waals surface area (Å²) in [5, 5.41) is 9.96. The molecule has 0 saturated heterocycles. The van der Waals surface area contributed by atoms with Gasteiger partial charge in [0.15, 0.2) is 0 Å². The fraction of sp³-hybridized carbons (Fsp3) is 0.421. The lowest BCUT2D eigenvalue weighted by Gasteiger charge is -2.11. The van der Waals surface area contributed by atoms with E-state index in [1.807, 2.05) is 24.3 Å². The molecule has 0 atom stereocenters. The van der Waals surface area contributed by atoms with Crippen LogP contribution in [0.3, 0.4) is 0 Å². The number of hydrogen-bond donors (Lipinski definition) is 2. The van der Waals surface area contributed by atoms with E-state index in [0.717, 1.165) is 24.2 Å². The van der Waals surface area contributed by atoms with Crippen LogP contribution in [-0.4, -0.2) is 34.7 Å². The highest BCUT2D eigenvalue weighted by molar-refractivity contribution is 5.92. The molecule has 1 aromatic heterocycles. The number of carbonyl (C=O) groups is 2. The number of carbonyl (C=O) groups excluding carboxylic acids is 2. The molecule has 138 valence electrons. The number of nitrogens with one attached hydrogen (secondary N) is 2. The molecule has 1 aromatic carbocycles. The second-order valence-electron chi connectivity index (χ2n) is 6.55. The summed E-state index contributed by atoms with van der Waals surface area (Å²) in [5.74, 6) is 0.576. The zero-order chi connectivity index (χ0) is 18.4. The minimum absolute atomic E-state index is 0.0453. The first-order chi connectivity index (χ1) is 12.6. The molecule has 2 N–H and O–H groups in total. The van der Waals surface area contributed by atoms with Gasteiger partial charge in [-0.15, -0.1) is 0 Å². The number of nitrogens with zero attached hydrogens (tertiary/aromatic N) is 2. The number of rotatable bonds is 7. The molecule has 0 bridgehead atoms. The fourth-order valence-electron chi connectivity index (χ4n) is 3.14. The molecule has 1 aliphatic carbocycles. The Labute approximate surface area is 152 Å². The van der Waals surface area contributed by atoms with Gasteiger partial charge in [-0.3, -0.25) is 14.3 Å². The summed E-state index contributed by atoms with van der Waals surface area (Å²) in [7, 11) is 1.60. The summed E-state index contributed by atoms with van der Waals surface area (Å²) in [6, 6.07) is 7.65. The fourth-order valence-corrected chi connectivity index (χ4v) is 3.14. The van der Waals surface area contributed by atoms with Crippen molar-refractivity contribution >= 4 is 17.5 Å². The maximum absolute atomic E-state index is 12.1. The minimum atomic E-state index is -0.134. The first-order valence-corrected chi connectivity index (χ1v) is 8.87. The van der Waals surface area contributed by atoms with Gasteiger partial charge in [-0.05, 0) is 30.5 Å². The van der Waals surface area contributed by atoms with Gasteiger partial charge in [0.2, 0.25) is 11.8 Å². The highest BCUT2D eigenvalue weighted by Crippen LogP contribution is 2.17. The normalized spacial score (nSPS) is 14.2. The molecule has 7 nitrogen and oxygen atoms in total. The predicted molar refractivity (Wildman–Crippen MR) is 98.0 cm³/mol. The van der Waals surface area contributed by atoms with Crippen molar-refractivity contribution in [3.05, 3.63) is 42.2 Å².